The first-order chi connectivity index (χ1) is 9.67. The molecule has 2 fully saturated rings. The van der Waals surface area contributed by atoms with Crippen LogP contribution in [0.4, 0.5) is 0 Å². The molecule has 2 saturated heterocycles. The molecule has 3 unspecified atom stereocenters. The van der Waals surface area contributed by atoms with Crippen molar-refractivity contribution in [2.24, 2.45) is 5.92 Å². The summed E-state index contributed by atoms with van der Waals surface area (Å²) in [6.45, 7) is 2.03. The van der Waals surface area contributed by atoms with E-state index in [1.165, 1.54) is 6.42 Å². The van der Waals surface area contributed by atoms with E-state index in [1.807, 2.05) is 31.2 Å². The Morgan fingerprint density at radius 1 is 1.35 bits per heavy atom. The number of hydrogen-bond donors (Lipinski definition) is 2. The van der Waals surface area contributed by atoms with Gasteiger partial charge in [0.1, 0.15) is 5.75 Å². The summed E-state index contributed by atoms with van der Waals surface area (Å²) in [6, 6.07) is 8.85. The third-order valence-electron chi connectivity index (χ3n) is 4.61. The van der Waals surface area contributed by atoms with Crippen LogP contribution in [0.3, 0.4) is 0 Å². The number of rotatable bonds is 4. The Bertz CT molecular complexity index is 486. The van der Waals surface area contributed by atoms with E-state index in [4.69, 9.17) is 4.74 Å². The largest absolute Gasteiger partial charge is 0.497 e. The molecule has 2 N–H and O–H groups in total. The molecule has 1 aromatic carbocycles. The van der Waals surface area contributed by atoms with E-state index in [1.54, 1.807) is 7.11 Å². The molecule has 20 heavy (non-hydrogen) atoms. The van der Waals surface area contributed by atoms with Crippen molar-refractivity contribution in [1.82, 2.24) is 10.6 Å². The maximum absolute atomic E-state index is 12.4. The smallest absolute Gasteiger partial charge is 0.225 e. The molecule has 2 bridgehead atoms. The van der Waals surface area contributed by atoms with E-state index in [0.29, 0.717) is 12.1 Å². The molecular formula is C16H22N2O2. The molecule has 3 rings (SSSR count). The van der Waals surface area contributed by atoms with Crippen LogP contribution in [0.15, 0.2) is 24.3 Å². The lowest BCUT2D eigenvalue weighted by molar-refractivity contribution is -0.126. The van der Waals surface area contributed by atoms with Crippen LogP contribution in [0.5, 0.6) is 5.75 Å². The third-order valence-corrected chi connectivity index (χ3v) is 4.61. The SMILES string of the molecule is COc1ccc([C@H](C)NC(=O)C2CC3CCC2N3)cc1. The topological polar surface area (TPSA) is 50.4 Å². The van der Waals surface area contributed by atoms with Gasteiger partial charge in [0.2, 0.25) is 5.91 Å². The fourth-order valence-electron chi connectivity index (χ4n) is 3.41. The molecular weight excluding hydrogens is 252 g/mol. The quantitative estimate of drug-likeness (QED) is 0.883. The number of nitrogens with one attached hydrogen (secondary N) is 2. The highest BCUT2D eigenvalue weighted by Crippen LogP contribution is 2.33. The highest BCUT2D eigenvalue weighted by Gasteiger charge is 2.42. The summed E-state index contributed by atoms with van der Waals surface area (Å²) >= 11 is 0. The molecule has 0 saturated carbocycles. The average molecular weight is 274 g/mol. The van der Waals surface area contributed by atoms with Crippen LogP contribution in [-0.2, 0) is 4.79 Å². The van der Waals surface area contributed by atoms with Crippen molar-refractivity contribution in [3.63, 3.8) is 0 Å². The van der Waals surface area contributed by atoms with E-state index >= 15 is 0 Å². The maximum Gasteiger partial charge on any atom is 0.225 e. The van der Waals surface area contributed by atoms with Gasteiger partial charge in [-0.25, -0.2) is 0 Å². The molecule has 1 aromatic rings. The third kappa shape index (κ3) is 2.52. The first-order valence-corrected chi connectivity index (χ1v) is 7.37. The second-order valence-electron chi connectivity index (χ2n) is 5.89. The van der Waals surface area contributed by atoms with Gasteiger partial charge in [0.05, 0.1) is 19.1 Å². The van der Waals surface area contributed by atoms with Crippen molar-refractivity contribution >= 4 is 5.91 Å². The lowest BCUT2D eigenvalue weighted by Crippen LogP contribution is -2.38. The minimum absolute atomic E-state index is 0.0348. The summed E-state index contributed by atoms with van der Waals surface area (Å²) in [5, 5.41) is 6.65. The number of carbonyl (C=O) groups is 1. The summed E-state index contributed by atoms with van der Waals surface area (Å²) in [5.41, 5.74) is 1.11. The van der Waals surface area contributed by atoms with Crippen LogP contribution in [0.25, 0.3) is 0 Å². The van der Waals surface area contributed by atoms with E-state index in [2.05, 4.69) is 10.6 Å². The Morgan fingerprint density at radius 2 is 2.10 bits per heavy atom. The van der Waals surface area contributed by atoms with Crippen LogP contribution >= 0.6 is 0 Å². The number of carbonyl (C=O) groups excluding carboxylic acids is 1. The van der Waals surface area contributed by atoms with Gasteiger partial charge in [-0.3, -0.25) is 4.79 Å². The first kappa shape index (κ1) is 13.4. The second-order valence-corrected chi connectivity index (χ2v) is 5.89. The highest BCUT2D eigenvalue weighted by molar-refractivity contribution is 5.80. The monoisotopic (exact) mass is 274 g/mol. The lowest BCUT2D eigenvalue weighted by Gasteiger charge is -2.22. The number of fused-ring (bicyclic) bond motifs is 2. The molecule has 2 aliphatic rings. The standard InChI is InChI=1S/C16H22N2O2/c1-10(11-3-6-13(20-2)7-4-11)17-16(19)14-9-12-5-8-15(14)18-12/h3-4,6-7,10,12,14-15,18H,5,8-9H2,1-2H3,(H,17,19)/t10-,12?,14?,15?/m0/s1. The molecule has 2 aliphatic heterocycles. The van der Waals surface area contributed by atoms with Crippen molar-refractivity contribution < 1.29 is 9.53 Å². The Morgan fingerprint density at radius 3 is 2.65 bits per heavy atom. The molecule has 2 heterocycles. The summed E-state index contributed by atoms with van der Waals surface area (Å²) in [5.74, 6) is 1.17. The first-order valence-electron chi connectivity index (χ1n) is 7.37. The molecule has 0 radical (unpaired) electrons. The Hall–Kier alpha value is -1.55. The van der Waals surface area contributed by atoms with Crippen molar-refractivity contribution in [3.05, 3.63) is 29.8 Å². The fourth-order valence-corrected chi connectivity index (χ4v) is 3.41. The number of amides is 1. The molecule has 0 aliphatic carbocycles. The zero-order chi connectivity index (χ0) is 14.1. The van der Waals surface area contributed by atoms with E-state index in [0.717, 1.165) is 24.2 Å². The van der Waals surface area contributed by atoms with Crippen molar-refractivity contribution in [1.29, 1.82) is 0 Å². The van der Waals surface area contributed by atoms with Crippen LogP contribution in [-0.4, -0.2) is 25.1 Å². The summed E-state index contributed by atoms with van der Waals surface area (Å²) in [4.78, 5) is 12.4. The van der Waals surface area contributed by atoms with Crippen LogP contribution in [0.2, 0.25) is 0 Å². The van der Waals surface area contributed by atoms with Gasteiger partial charge in [-0.1, -0.05) is 12.1 Å². The number of ether oxygens (including phenoxy) is 1. The summed E-state index contributed by atoms with van der Waals surface area (Å²) in [7, 11) is 1.66. The Balaban J connectivity index is 1.60. The van der Waals surface area contributed by atoms with Crippen LogP contribution < -0.4 is 15.4 Å². The summed E-state index contributed by atoms with van der Waals surface area (Å²) < 4.78 is 5.15. The Labute approximate surface area is 119 Å². The van der Waals surface area contributed by atoms with Crippen molar-refractivity contribution in [2.75, 3.05) is 7.11 Å². The Kier molecular flexibility index (Phi) is 3.66. The van der Waals surface area contributed by atoms with Gasteiger partial charge in [-0.2, -0.15) is 0 Å². The number of methoxy groups -OCH3 is 1. The maximum atomic E-state index is 12.4. The molecule has 0 spiro atoms. The highest BCUT2D eigenvalue weighted by atomic mass is 16.5. The van der Waals surface area contributed by atoms with Gasteiger partial charge in [0, 0.05) is 12.1 Å². The van der Waals surface area contributed by atoms with Gasteiger partial charge in [0.15, 0.2) is 0 Å². The molecule has 108 valence electrons. The summed E-state index contributed by atoms with van der Waals surface area (Å²) in [6.07, 6.45) is 3.36. The molecule has 4 heteroatoms. The van der Waals surface area contributed by atoms with Crippen molar-refractivity contribution in [3.8, 4) is 5.75 Å². The molecule has 1 amide bonds. The average Bonchev–Trinajstić information content (AvgIpc) is 3.10. The van der Waals surface area contributed by atoms with Gasteiger partial charge in [-0.15, -0.1) is 0 Å². The zero-order valence-corrected chi connectivity index (χ0v) is 12.1. The number of hydrogen-bond acceptors (Lipinski definition) is 3. The zero-order valence-electron chi connectivity index (χ0n) is 12.1. The molecule has 4 atom stereocenters. The molecule has 4 nitrogen and oxygen atoms in total. The van der Waals surface area contributed by atoms with Gasteiger partial charge >= 0.3 is 0 Å². The fraction of sp³-hybridized carbons (Fsp3) is 0.562. The van der Waals surface area contributed by atoms with E-state index in [-0.39, 0.29) is 17.9 Å². The van der Waals surface area contributed by atoms with E-state index in [9.17, 15) is 4.79 Å². The van der Waals surface area contributed by atoms with Crippen LogP contribution in [0, 0.1) is 5.92 Å². The van der Waals surface area contributed by atoms with Gasteiger partial charge in [0.25, 0.3) is 0 Å². The normalized spacial score (nSPS) is 29.2. The van der Waals surface area contributed by atoms with Crippen molar-refractivity contribution in [2.45, 2.75) is 44.3 Å². The number of benzene rings is 1. The van der Waals surface area contributed by atoms with Gasteiger partial charge < -0.3 is 15.4 Å². The minimum atomic E-state index is 0.0348. The molecule has 0 aromatic heterocycles. The van der Waals surface area contributed by atoms with E-state index < -0.39 is 0 Å². The lowest BCUT2D eigenvalue weighted by atomic mass is 9.88. The van der Waals surface area contributed by atoms with Crippen LogP contribution in [0.1, 0.15) is 37.8 Å². The minimum Gasteiger partial charge on any atom is -0.497 e. The van der Waals surface area contributed by atoms with Gasteiger partial charge in [-0.05, 0) is 43.9 Å². The second kappa shape index (κ2) is 5.44. The predicted molar refractivity (Wildman–Crippen MR) is 77.6 cm³/mol. The predicted octanol–water partition coefficient (Wildman–Crippen LogP) is 2.01.